The number of ether oxygens (including phenoxy) is 1. The topological polar surface area (TPSA) is 21.3 Å². The fourth-order valence-electron chi connectivity index (χ4n) is 3.09. The second-order valence-corrected chi connectivity index (χ2v) is 6.01. The molecule has 116 valence electrons. The van der Waals surface area contributed by atoms with Crippen LogP contribution in [0.1, 0.15) is 42.5 Å². The zero-order chi connectivity index (χ0) is 15.2. The fourth-order valence-corrected chi connectivity index (χ4v) is 3.09. The van der Waals surface area contributed by atoms with Crippen molar-refractivity contribution >= 4 is 0 Å². The van der Waals surface area contributed by atoms with Crippen LogP contribution in [-0.4, -0.2) is 13.2 Å². The third-order valence-electron chi connectivity index (χ3n) is 4.32. The van der Waals surface area contributed by atoms with Crippen LogP contribution in [0.4, 0.5) is 0 Å². The SMILES string of the molecule is CCCCOc1ccc2c(c1)CCNC2Cc1ccccc1. The molecule has 1 heterocycles. The molecule has 0 saturated heterocycles. The van der Waals surface area contributed by atoms with Crippen LogP contribution in [0.2, 0.25) is 0 Å². The molecule has 2 nitrogen and oxygen atoms in total. The van der Waals surface area contributed by atoms with Crippen LogP contribution >= 0.6 is 0 Å². The van der Waals surface area contributed by atoms with Crippen LogP contribution in [0.15, 0.2) is 48.5 Å². The summed E-state index contributed by atoms with van der Waals surface area (Å²) in [4.78, 5) is 0. The van der Waals surface area contributed by atoms with E-state index in [-0.39, 0.29) is 0 Å². The van der Waals surface area contributed by atoms with Crippen molar-refractivity contribution in [3.63, 3.8) is 0 Å². The lowest BCUT2D eigenvalue weighted by Gasteiger charge is -2.27. The number of hydrogen-bond acceptors (Lipinski definition) is 2. The van der Waals surface area contributed by atoms with Crippen LogP contribution in [0.3, 0.4) is 0 Å². The maximum absolute atomic E-state index is 5.85. The van der Waals surface area contributed by atoms with E-state index >= 15 is 0 Å². The standard InChI is InChI=1S/C20H25NO/c1-2-3-13-22-18-9-10-19-17(15-18)11-12-21-20(19)14-16-7-5-4-6-8-16/h4-10,15,20-21H,2-3,11-14H2,1H3. The summed E-state index contributed by atoms with van der Waals surface area (Å²) >= 11 is 0. The van der Waals surface area contributed by atoms with Gasteiger partial charge in [-0.1, -0.05) is 49.7 Å². The molecule has 22 heavy (non-hydrogen) atoms. The molecule has 1 aliphatic heterocycles. The van der Waals surface area contributed by atoms with Gasteiger partial charge in [-0.25, -0.2) is 0 Å². The van der Waals surface area contributed by atoms with Gasteiger partial charge in [0.25, 0.3) is 0 Å². The number of hydrogen-bond donors (Lipinski definition) is 1. The molecule has 2 aromatic rings. The average molecular weight is 295 g/mol. The van der Waals surface area contributed by atoms with Gasteiger partial charge in [-0.3, -0.25) is 0 Å². The molecule has 0 spiro atoms. The maximum atomic E-state index is 5.85. The van der Waals surface area contributed by atoms with Crippen molar-refractivity contribution < 1.29 is 4.74 Å². The van der Waals surface area contributed by atoms with Gasteiger partial charge in [-0.2, -0.15) is 0 Å². The molecule has 0 saturated carbocycles. The molecule has 1 atom stereocenters. The van der Waals surface area contributed by atoms with Gasteiger partial charge in [0.05, 0.1) is 6.61 Å². The van der Waals surface area contributed by atoms with Gasteiger partial charge in [0.15, 0.2) is 0 Å². The Bertz CT molecular complexity index is 594. The van der Waals surface area contributed by atoms with Crippen molar-refractivity contribution in [2.24, 2.45) is 0 Å². The van der Waals surface area contributed by atoms with Crippen LogP contribution in [-0.2, 0) is 12.8 Å². The van der Waals surface area contributed by atoms with E-state index in [1.807, 2.05) is 0 Å². The quantitative estimate of drug-likeness (QED) is 0.802. The van der Waals surface area contributed by atoms with Crippen LogP contribution in [0.5, 0.6) is 5.75 Å². The molecule has 0 aliphatic carbocycles. The molecule has 0 radical (unpaired) electrons. The lowest BCUT2D eigenvalue weighted by Crippen LogP contribution is -2.31. The van der Waals surface area contributed by atoms with E-state index < -0.39 is 0 Å². The van der Waals surface area contributed by atoms with E-state index in [1.54, 1.807) is 0 Å². The monoisotopic (exact) mass is 295 g/mol. The Morgan fingerprint density at radius 3 is 2.82 bits per heavy atom. The maximum Gasteiger partial charge on any atom is 0.119 e. The Morgan fingerprint density at radius 1 is 1.14 bits per heavy atom. The summed E-state index contributed by atoms with van der Waals surface area (Å²) in [5.74, 6) is 1.02. The second-order valence-electron chi connectivity index (χ2n) is 6.01. The molecule has 3 rings (SSSR count). The van der Waals surface area contributed by atoms with Gasteiger partial charge in [-0.05, 0) is 54.6 Å². The van der Waals surface area contributed by atoms with Gasteiger partial charge in [0.1, 0.15) is 5.75 Å². The van der Waals surface area contributed by atoms with Crippen molar-refractivity contribution in [2.75, 3.05) is 13.2 Å². The third kappa shape index (κ3) is 3.69. The Morgan fingerprint density at radius 2 is 2.00 bits per heavy atom. The number of fused-ring (bicyclic) bond motifs is 1. The molecule has 0 fully saturated rings. The summed E-state index contributed by atoms with van der Waals surface area (Å²) in [6.45, 7) is 4.06. The van der Waals surface area contributed by atoms with Crippen molar-refractivity contribution in [3.05, 3.63) is 65.2 Å². The van der Waals surface area contributed by atoms with Gasteiger partial charge in [0, 0.05) is 6.04 Å². The first kappa shape index (κ1) is 15.1. The highest BCUT2D eigenvalue weighted by molar-refractivity contribution is 5.40. The van der Waals surface area contributed by atoms with E-state index in [4.69, 9.17) is 4.74 Å². The van der Waals surface area contributed by atoms with E-state index in [1.165, 1.54) is 23.1 Å². The Balaban J connectivity index is 1.73. The Hall–Kier alpha value is -1.80. The van der Waals surface area contributed by atoms with E-state index in [2.05, 4.69) is 60.8 Å². The van der Waals surface area contributed by atoms with Crippen molar-refractivity contribution in [3.8, 4) is 5.75 Å². The summed E-state index contributed by atoms with van der Waals surface area (Å²) < 4.78 is 5.85. The van der Waals surface area contributed by atoms with Crippen LogP contribution in [0.25, 0.3) is 0 Å². The van der Waals surface area contributed by atoms with Crippen molar-refractivity contribution in [1.82, 2.24) is 5.32 Å². The van der Waals surface area contributed by atoms with E-state index in [0.29, 0.717) is 6.04 Å². The van der Waals surface area contributed by atoms with E-state index in [0.717, 1.165) is 38.2 Å². The minimum absolute atomic E-state index is 0.413. The number of nitrogens with one attached hydrogen (secondary N) is 1. The molecule has 0 aromatic heterocycles. The first-order valence-corrected chi connectivity index (χ1v) is 8.39. The smallest absolute Gasteiger partial charge is 0.119 e. The molecule has 0 bridgehead atoms. The normalized spacial score (nSPS) is 17.0. The second kappa shape index (κ2) is 7.46. The first-order chi connectivity index (χ1) is 10.9. The number of benzene rings is 2. The number of unbranched alkanes of at least 4 members (excludes halogenated alkanes) is 1. The molecule has 1 N–H and O–H groups in total. The molecule has 1 aliphatic rings. The summed E-state index contributed by atoms with van der Waals surface area (Å²) in [6.07, 6.45) is 4.43. The minimum atomic E-state index is 0.413. The highest BCUT2D eigenvalue weighted by atomic mass is 16.5. The highest BCUT2D eigenvalue weighted by Crippen LogP contribution is 2.29. The molecule has 2 heteroatoms. The van der Waals surface area contributed by atoms with Gasteiger partial charge >= 0.3 is 0 Å². The Labute approximate surface area is 133 Å². The largest absolute Gasteiger partial charge is 0.494 e. The zero-order valence-electron chi connectivity index (χ0n) is 13.3. The summed E-state index contributed by atoms with van der Waals surface area (Å²) in [5.41, 5.74) is 4.25. The fraction of sp³-hybridized carbons (Fsp3) is 0.400. The lowest BCUT2D eigenvalue weighted by atomic mass is 9.90. The Kier molecular flexibility index (Phi) is 5.12. The predicted molar refractivity (Wildman–Crippen MR) is 91.4 cm³/mol. The first-order valence-electron chi connectivity index (χ1n) is 8.39. The predicted octanol–water partition coefficient (Wildman–Crippen LogP) is 4.30. The highest BCUT2D eigenvalue weighted by Gasteiger charge is 2.20. The number of rotatable bonds is 6. The van der Waals surface area contributed by atoms with E-state index in [9.17, 15) is 0 Å². The van der Waals surface area contributed by atoms with Crippen molar-refractivity contribution in [2.45, 2.75) is 38.6 Å². The summed E-state index contributed by atoms with van der Waals surface area (Å²) in [6, 6.07) is 17.7. The van der Waals surface area contributed by atoms with Gasteiger partial charge in [-0.15, -0.1) is 0 Å². The van der Waals surface area contributed by atoms with Crippen molar-refractivity contribution in [1.29, 1.82) is 0 Å². The van der Waals surface area contributed by atoms with Crippen LogP contribution in [0, 0.1) is 0 Å². The summed E-state index contributed by atoms with van der Waals surface area (Å²) in [7, 11) is 0. The molecule has 2 aromatic carbocycles. The van der Waals surface area contributed by atoms with Gasteiger partial charge < -0.3 is 10.1 Å². The molecule has 0 amide bonds. The lowest BCUT2D eigenvalue weighted by molar-refractivity contribution is 0.308. The van der Waals surface area contributed by atoms with Crippen LogP contribution < -0.4 is 10.1 Å². The third-order valence-corrected chi connectivity index (χ3v) is 4.32. The molecular formula is C20H25NO. The minimum Gasteiger partial charge on any atom is -0.494 e. The molecule has 1 unspecified atom stereocenters. The molecular weight excluding hydrogens is 270 g/mol. The average Bonchev–Trinajstić information content (AvgIpc) is 2.56. The zero-order valence-corrected chi connectivity index (χ0v) is 13.3. The summed E-state index contributed by atoms with van der Waals surface area (Å²) in [5, 5.41) is 3.65. The van der Waals surface area contributed by atoms with Gasteiger partial charge in [0.2, 0.25) is 0 Å².